The van der Waals surface area contributed by atoms with Crippen LogP contribution in [-0.2, 0) is 16.6 Å². The summed E-state index contributed by atoms with van der Waals surface area (Å²) in [6.07, 6.45) is 3.93. The van der Waals surface area contributed by atoms with Crippen molar-refractivity contribution in [2.24, 2.45) is 12.0 Å². The van der Waals surface area contributed by atoms with Crippen LogP contribution in [0.2, 0.25) is 0 Å². The van der Waals surface area contributed by atoms with Crippen molar-refractivity contribution >= 4 is 11.7 Å². The molecule has 1 heterocycles. The second kappa shape index (κ2) is 6.89. The highest BCUT2D eigenvalue weighted by Crippen LogP contribution is 2.05. The van der Waals surface area contributed by atoms with E-state index in [0.717, 1.165) is 18.5 Å². The fraction of sp³-hybridized carbons (Fsp3) is 0.538. The zero-order valence-corrected chi connectivity index (χ0v) is 10.8. The van der Waals surface area contributed by atoms with Crippen molar-refractivity contribution in [2.75, 3.05) is 13.2 Å². The van der Waals surface area contributed by atoms with Crippen LogP contribution < -0.4 is 0 Å². The molecule has 0 unspecified atom stereocenters. The Bertz CT molecular complexity index is 394. The monoisotopic (exact) mass is 236 g/mol. The zero-order valence-electron chi connectivity index (χ0n) is 10.8. The van der Waals surface area contributed by atoms with Crippen molar-refractivity contribution in [3.63, 3.8) is 0 Å². The number of aryl methyl sites for hydroxylation is 1. The Kier molecular flexibility index (Phi) is 5.46. The third kappa shape index (κ3) is 3.73. The van der Waals surface area contributed by atoms with Gasteiger partial charge in [0.25, 0.3) is 0 Å². The highest BCUT2D eigenvalue weighted by Gasteiger charge is 2.17. The molecule has 0 bridgehead atoms. The summed E-state index contributed by atoms with van der Waals surface area (Å²) < 4.78 is 6.91. The summed E-state index contributed by atoms with van der Waals surface area (Å²) in [5.41, 5.74) is 1.23. The molecule has 0 aromatic carbocycles. The number of esters is 1. The number of ether oxygens (including phenoxy) is 1. The largest absolute Gasteiger partial charge is 0.461 e. The van der Waals surface area contributed by atoms with E-state index in [1.807, 2.05) is 29.9 Å². The molecule has 4 heteroatoms. The molecule has 0 N–H and O–H groups in total. The highest BCUT2D eigenvalue weighted by molar-refractivity contribution is 6.42. The average Bonchev–Trinajstić information content (AvgIpc) is 2.71. The van der Waals surface area contributed by atoms with E-state index in [4.69, 9.17) is 4.74 Å². The van der Waals surface area contributed by atoms with E-state index in [-0.39, 0.29) is 5.97 Å². The minimum atomic E-state index is -0.342. The van der Waals surface area contributed by atoms with E-state index in [1.54, 1.807) is 6.92 Å². The second-order valence-corrected chi connectivity index (χ2v) is 3.81. The Balaban J connectivity index is 2.90. The fourth-order valence-electron chi connectivity index (χ4n) is 1.51. The number of carbonyl (C=O) groups excluding carboxylic acids is 1. The summed E-state index contributed by atoms with van der Waals surface area (Å²) in [5.74, 6) is -0.342. The third-order valence-electron chi connectivity index (χ3n) is 2.44. The van der Waals surface area contributed by atoms with Crippen LogP contribution in [0.4, 0.5) is 0 Å². The van der Waals surface area contributed by atoms with Crippen LogP contribution in [0.25, 0.3) is 0 Å². The Labute approximate surface area is 102 Å². The molecule has 0 aliphatic rings. The topological polar surface area (TPSA) is 43.6 Å². The van der Waals surface area contributed by atoms with E-state index < -0.39 is 0 Å². The number of carbonyl (C=O) groups is 1. The quantitative estimate of drug-likeness (QED) is 0.431. The molecule has 0 aliphatic carbocycles. The smallest absolute Gasteiger partial charge is 0.358 e. The van der Waals surface area contributed by atoms with Crippen LogP contribution in [0.3, 0.4) is 0 Å². The van der Waals surface area contributed by atoms with Gasteiger partial charge in [-0.15, -0.1) is 0 Å². The number of nitrogens with zero attached hydrogens (tertiary/aromatic N) is 2. The van der Waals surface area contributed by atoms with E-state index in [2.05, 4.69) is 11.9 Å². The van der Waals surface area contributed by atoms with Crippen molar-refractivity contribution in [3.05, 3.63) is 24.0 Å². The Morgan fingerprint density at radius 1 is 1.47 bits per heavy atom. The van der Waals surface area contributed by atoms with Crippen molar-refractivity contribution in [1.82, 2.24) is 4.57 Å². The minimum Gasteiger partial charge on any atom is -0.461 e. The van der Waals surface area contributed by atoms with Gasteiger partial charge in [0, 0.05) is 19.8 Å². The van der Waals surface area contributed by atoms with Crippen LogP contribution in [-0.4, -0.2) is 29.4 Å². The summed E-state index contributed by atoms with van der Waals surface area (Å²) in [7, 11) is 1.89. The minimum absolute atomic E-state index is 0.342. The molecule has 0 atom stereocenters. The second-order valence-electron chi connectivity index (χ2n) is 3.81. The van der Waals surface area contributed by atoms with Gasteiger partial charge >= 0.3 is 5.97 Å². The molecule has 4 nitrogen and oxygen atoms in total. The Morgan fingerprint density at radius 2 is 2.24 bits per heavy atom. The predicted molar refractivity (Wildman–Crippen MR) is 68.4 cm³/mol. The lowest BCUT2D eigenvalue weighted by molar-refractivity contribution is -0.135. The standard InChI is InChI=1S/C13H20N2O2/c1-4-6-9-14-12(13(16)17-5-2)11-8-7-10-15(11)3/h7-8,10H,4-6,9H2,1-3H3. The van der Waals surface area contributed by atoms with E-state index in [0.29, 0.717) is 18.9 Å². The Morgan fingerprint density at radius 3 is 2.76 bits per heavy atom. The molecule has 0 saturated carbocycles. The van der Waals surface area contributed by atoms with Crippen molar-refractivity contribution in [2.45, 2.75) is 26.7 Å². The van der Waals surface area contributed by atoms with Crippen LogP contribution in [0.1, 0.15) is 32.4 Å². The van der Waals surface area contributed by atoms with Gasteiger partial charge in [-0.1, -0.05) is 13.3 Å². The number of hydrogen-bond donors (Lipinski definition) is 0. The molecule has 0 saturated heterocycles. The average molecular weight is 236 g/mol. The number of rotatable bonds is 6. The lowest BCUT2D eigenvalue weighted by Crippen LogP contribution is -2.21. The van der Waals surface area contributed by atoms with Gasteiger partial charge in [0.15, 0.2) is 5.71 Å². The third-order valence-corrected chi connectivity index (χ3v) is 2.44. The van der Waals surface area contributed by atoms with Gasteiger partial charge in [0.05, 0.1) is 12.3 Å². The van der Waals surface area contributed by atoms with E-state index in [9.17, 15) is 4.79 Å². The zero-order chi connectivity index (χ0) is 12.7. The molecule has 0 radical (unpaired) electrons. The first-order valence-electron chi connectivity index (χ1n) is 6.04. The van der Waals surface area contributed by atoms with Gasteiger partial charge in [-0.3, -0.25) is 4.99 Å². The summed E-state index contributed by atoms with van der Waals surface area (Å²) >= 11 is 0. The highest BCUT2D eigenvalue weighted by atomic mass is 16.5. The summed E-state index contributed by atoms with van der Waals surface area (Å²) in [5, 5.41) is 0. The number of aliphatic imine (C=N–C) groups is 1. The van der Waals surface area contributed by atoms with Crippen LogP contribution in [0.5, 0.6) is 0 Å². The van der Waals surface area contributed by atoms with Crippen molar-refractivity contribution in [3.8, 4) is 0 Å². The van der Waals surface area contributed by atoms with E-state index >= 15 is 0 Å². The lowest BCUT2D eigenvalue weighted by Gasteiger charge is -2.07. The van der Waals surface area contributed by atoms with Crippen LogP contribution in [0, 0.1) is 0 Å². The van der Waals surface area contributed by atoms with Crippen molar-refractivity contribution in [1.29, 1.82) is 0 Å². The molecule has 0 fully saturated rings. The molecular formula is C13H20N2O2. The van der Waals surface area contributed by atoms with Crippen LogP contribution in [0.15, 0.2) is 23.3 Å². The van der Waals surface area contributed by atoms with Gasteiger partial charge in [-0.2, -0.15) is 0 Å². The molecule has 1 aromatic rings. The SMILES string of the molecule is CCCCN=C(C(=O)OCC)c1cccn1C. The molecule has 0 amide bonds. The number of aromatic nitrogens is 1. The van der Waals surface area contributed by atoms with Crippen LogP contribution >= 0.6 is 0 Å². The van der Waals surface area contributed by atoms with Gasteiger partial charge in [0.2, 0.25) is 0 Å². The first-order valence-corrected chi connectivity index (χ1v) is 6.04. The predicted octanol–water partition coefficient (Wildman–Crippen LogP) is 2.18. The van der Waals surface area contributed by atoms with Gasteiger partial charge in [-0.05, 0) is 25.5 Å². The summed E-state index contributed by atoms with van der Waals surface area (Å²) in [4.78, 5) is 16.2. The molecule has 0 aliphatic heterocycles. The number of hydrogen-bond acceptors (Lipinski definition) is 3. The molecule has 1 aromatic heterocycles. The maximum atomic E-state index is 11.8. The maximum Gasteiger partial charge on any atom is 0.358 e. The lowest BCUT2D eigenvalue weighted by atomic mass is 10.2. The summed E-state index contributed by atoms with van der Waals surface area (Å²) in [6, 6.07) is 3.77. The Hall–Kier alpha value is -1.58. The summed E-state index contributed by atoms with van der Waals surface area (Å²) in [6.45, 7) is 4.93. The molecule has 0 spiro atoms. The normalized spacial score (nSPS) is 11.6. The van der Waals surface area contributed by atoms with Crippen molar-refractivity contribution < 1.29 is 9.53 Å². The van der Waals surface area contributed by atoms with Gasteiger partial charge < -0.3 is 9.30 Å². The fourth-order valence-corrected chi connectivity index (χ4v) is 1.51. The van der Waals surface area contributed by atoms with Gasteiger partial charge in [0.1, 0.15) is 0 Å². The first-order chi connectivity index (χ1) is 8.20. The molecule has 17 heavy (non-hydrogen) atoms. The maximum absolute atomic E-state index is 11.8. The van der Waals surface area contributed by atoms with Gasteiger partial charge in [-0.25, -0.2) is 4.79 Å². The molecular weight excluding hydrogens is 216 g/mol. The number of unbranched alkanes of at least 4 members (excludes halogenated alkanes) is 1. The van der Waals surface area contributed by atoms with E-state index in [1.165, 1.54) is 0 Å². The molecule has 1 rings (SSSR count). The molecule has 94 valence electrons. The first kappa shape index (κ1) is 13.5.